The molecule has 28 heavy (non-hydrogen) atoms. The maximum Gasteiger partial charge on any atom is 0.268 e. The summed E-state index contributed by atoms with van der Waals surface area (Å²) in [5.74, 6) is -4.77. The van der Waals surface area contributed by atoms with Crippen molar-refractivity contribution >= 4 is 23.6 Å². The van der Waals surface area contributed by atoms with E-state index in [0.717, 1.165) is 0 Å². The minimum absolute atomic E-state index is 0.0683. The van der Waals surface area contributed by atoms with E-state index in [1.54, 1.807) is 13.8 Å². The number of carbonyl (C=O) groups is 4. The lowest BCUT2D eigenvalue weighted by Crippen LogP contribution is -2.41. The minimum atomic E-state index is -1.15. The molecule has 4 amide bonds. The number of benzene rings is 1. The van der Waals surface area contributed by atoms with E-state index in [-0.39, 0.29) is 23.5 Å². The van der Waals surface area contributed by atoms with Gasteiger partial charge in [0.25, 0.3) is 11.8 Å². The number of hydrogen-bond donors (Lipinski definition) is 5. The first kappa shape index (κ1) is 21.0. The summed E-state index contributed by atoms with van der Waals surface area (Å²) in [5.41, 5.74) is 12.6. The molecule has 11 nitrogen and oxygen atoms in total. The molecule has 1 aliphatic heterocycles. The second-order valence-corrected chi connectivity index (χ2v) is 6.48. The summed E-state index contributed by atoms with van der Waals surface area (Å²) in [6, 6.07) is 1.66. The van der Waals surface area contributed by atoms with E-state index in [2.05, 4.69) is 10.8 Å². The lowest BCUT2D eigenvalue weighted by atomic mass is 9.92. The number of aromatic hydroxyl groups is 1. The van der Waals surface area contributed by atoms with Crippen molar-refractivity contribution in [2.24, 2.45) is 11.5 Å². The van der Waals surface area contributed by atoms with Crippen LogP contribution in [0.4, 0.5) is 0 Å². The van der Waals surface area contributed by atoms with Crippen LogP contribution in [-0.4, -0.2) is 47.5 Å². The van der Waals surface area contributed by atoms with E-state index >= 15 is 0 Å². The topological polar surface area (TPSA) is 183 Å². The molecule has 0 aliphatic carbocycles. The van der Waals surface area contributed by atoms with Gasteiger partial charge in [-0.2, -0.15) is 0 Å². The van der Waals surface area contributed by atoms with E-state index in [9.17, 15) is 24.3 Å². The Hall–Kier alpha value is -3.34. The largest absolute Gasteiger partial charge is 0.504 e. The molecular formula is C17H22N4O7. The number of amides is 4. The van der Waals surface area contributed by atoms with Gasteiger partial charge in [-0.3, -0.25) is 24.0 Å². The van der Waals surface area contributed by atoms with Gasteiger partial charge in [-0.05, 0) is 19.9 Å². The Labute approximate surface area is 160 Å². The molecule has 1 saturated heterocycles. The zero-order valence-corrected chi connectivity index (χ0v) is 15.4. The van der Waals surface area contributed by atoms with Gasteiger partial charge in [0.05, 0.1) is 17.6 Å². The molecule has 2 rings (SSSR count). The predicted molar refractivity (Wildman–Crippen MR) is 95.0 cm³/mol. The van der Waals surface area contributed by atoms with Gasteiger partial charge in [-0.15, -0.1) is 0 Å². The van der Waals surface area contributed by atoms with Crippen molar-refractivity contribution in [1.82, 2.24) is 10.8 Å². The Morgan fingerprint density at radius 1 is 1.36 bits per heavy atom. The van der Waals surface area contributed by atoms with Crippen LogP contribution in [0.5, 0.6) is 11.5 Å². The van der Waals surface area contributed by atoms with Gasteiger partial charge < -0.3 is 26.6 Å². The van der Waals surface area contributed by atoms with E-state index in [1.807, 2.05) is 0 Å². The number of ether oxygens (including phenoxy) is 1. The van der Waals surface area contributed by atoms with E-state index < -0.39 is 53.9 Å². The van der Waals surface area contributed by atoms with Crippen LogP contribution in [-0.2, 0) is 19.2 Å². The average Bonchev–Trinajstić information content (AvgIpc) is 2.98. The van der Waals surface area contributed by atoms with Crippen molar-refractivity contribution in [1.29, 1.82) is 0 Å². The van der Waals surface area contributed by atoms with Crippen LogP contribution in [0.1, 0.15) is 42.1 Å². The van der Waals surface area contributed by atoms with Gasteiger partial charge in [-0.25, -0.2) is 5.48 Å². The number of phenols is 1. The summed E-state index contributed by atoms with van der Waals surface area (Å²) in [6.07, 6.45) is -0.826. The molecule has 7 N–H and O–H groups in total. The minimum Gasteiger partial charge on any atom is -0.504 e. The Bertz CT molecular complexity index is 809. The standard InChI is InChI=1S/C17H22N4O7/c1-7(2)28-14-8(10(15(19)24)5-12(18)22)3-4-9(13(14)23)16(25)20-11-6-27-21-17(11)26/h3-4,7,10-11,23H,5-6H2,1-2H3,(H2,18,22)(H2,19,24)(H,20,25)(H,21,26)/t10?,11-/m1/s1. The summed E-state index contributed by atoms with van der Waals surface area (Å²) in [7, 11) is 0. The fourth-order valence-electron chi connectivity index (χ4n) is 2.66. The maximum atomic E-state index is 12.5. The first-order valence-electron chi connectivity index (χ1n) is 8.44. The number of hydroxylamine groups is 1. The molecule has 1 heterocycles. The highest BCUT2D eigenvalue weighted by atomic mass is 16.7. The van der Waals surface area contributed by atoms with Crippen LogP contribution in [0, 0.1) is 0 Å². The lowest BCUT2D eigenvalue weighted by molar-refractivity contribution is -0.125. The molecule has 0 radical (unpaired) electrons. The second-order valence-electron chi connectivity index (χ2n) is 6.48. The van der Waals surface area contributed by atoms with Crippen molar-refractivity contribution < 1.29 is 33.9 Å². The molecule has 1 aromatic carbocycles. The molecule has 1 aliphatic rings. The molecule has 0 aromatic heterocycles. The fourth-order valence-corrected chi connectivity index (χ4v) is 2.66. The van der Waals surface area contributed by atoms with Crippen LogP contribution in [0.25, 0.3) is 0 Å². The van der Waals surface area contributed by atoms with Gasteiger partial charge in [0.1, 0.15) is 12.6 Å². The molecule has 0 bridgehead atoms. The van der Waals surface area contributed by atoms with Crippen molar-refractivity contribution in [3.8, 4) is 11.5 Å². The molecule has 0 saturated carbocycles. The number of phenolic OH excluding ortho intramolecular Hbond substituents is 1. The average molecular weight is 394 g/mol. The van der Waals surface area contributed by atoms with E-state index in [0.29, 0.717) is 0 Å². The Morgan fingerprint density at radius 2 is 2.04 bits per heavy atom. The van der Waals surface area contributed by atoms with Crippen LogP contribution in [0.3, 0.4) is 0 Å². The van der Waals surface area contributed by atoms with Crippen LogP contribution in [0.2, 0.25) is 0 Å². The van der Waals surface area contributed by atoms with Gasteiger partial charge in [-0.1, -0.05) is 6.07 Å². The Morgan fingerprint density at radius 3 is 2.54 bits per heavy atom. The Balaban J connectivity index is 2.44. The van der Waals surface area contributed by atoms with E-state index in [4.69, 9.17) is 21.0 Å². The van der Waals surface area contributed by atoms with Gasteiger partial charge in [0.15, 0.2) is 11.5 Å². The summed E-state index contributed by atoms with van der Waals surface area (Å²) >= 11 is 0. The zero-order valence-electron chi connectivity index (χ0n) is 15.4. The van der Waals surface area contributed by atoms with Crippen LogP contribution in [0.15, 0.2) is 12.1 Å². The molecule has 152 valence electrons. The summed E-state index contributed by atoms with van der Waals surface area (Å²) < 4.78 is 5.58. The number of hydrogen-bond acceptors (Lipinski definition) is 7. The molecule has 11 heteroatoms. The summed E-state index contributed by atoms with van der Waals surface area (Å²) in [5, 5.41) is 13.0. The molecule has 1 aromatic rings. The highest BCUT2D eigenvalue weighted by molar-refractivity contribution is 6.01. The maximum absolute atomic E-state index is 12.5. The summed E-state index contributed by atoms with van der Waals surface area (Å²) in [6.45, 7) is 3.27. The normalized spacial score (nSPS) is 17.1. The van der Waals surface area contributed by atoms with Gasteiger partial charge >= 0.3 is 0 Å². The SMILES string of the molecule is CC(C)Oc1c(C(CC(N)=O)C(N)=O)ccc(C(=O)N[C@@H]2CONC2=O)c1O. The zero-order chi connectivity index (χ0) is 21.0. The predicted octanol–water partition coefficient (Wildman–Crippen LogP) is -1.22. The first-order chi connectivity index (χ1) is 13.1. The third kappa shape index (κ3) is 4.68. The van der Waals surface area contributed by atoms with Gasteiger partial charge in [0, 0.05) is 12.0 Å². The number of carbonyl (C=O) groups excluding carboxylic acids is 4. The number of nitrogens with two attached hydrogens (primary N) is 2. The highest BCUT2D eigenvalue weighted by Crippen LogP contribution is 2.39. The van der Waals surface area contributed by atoms with Crippen molar-refractivity contribution in [3.63, 3.8) is 0 Å². The third-order valence-corrected chi connectivity index (χ3v) is 3.93. The molecule has 2 atom stereocenters. The number of nitrogens with one attached hydrogen (secondary N) is 2. The summed E-state index contributed by atoms with van der Waals surface area (Å²) in [4.78, 5) is 51.8. The highest BCUT2D eigenvalue weighted by Gasteiger charge is 2.31. The molecule has 1 unspecified atom stereocenters. The second kappa shape index (κ2) is 8.57. The first-order valence-corrected chi connectivity index (χ1v) is 8.44. The Kier molecular flexibility index (Phi) is 6.41. The lowest BCUT2D eigenvalue weighted by Gasteiger charge is -2.21. The quantitative estimate of drug-likeness (QED) is 0.366. The van der Waals surface area contributed by atoms with E-state index in [1.165, 1.54) is 12.1 Å². The van der Waals surface area contributed by atoms with Crippen molar-refractivity contribution in [2.75, 3.05) is 6.61 Å². The molecular weight excluding hydrogens is 372 g/mol. The fraction of sp³-hybridized carbons (Fsp3) is 0.412. The van der Waals surface area contributed by atoms with Crippen molar-refractivity contribution in [3.05, 3.63) is 23.3 Å². The monoisotopic (exact) mass is 394 g/mol. The van der Waals surface area contributed by atoms with Crippen LogP contribution >= 0.6 is 0 Å². The molecule has 0 spiro atoms. The smallest absolute Gasteiger partial charge is 0.268 e. The number of rotatable bonds is 8. The van der Waals surface area contributed by atoms with Crippen LogP contribution < -0.4 is 27.0 Å². The number of primary amides is 2. The van der Waals surface area contributed by atoms with Gasteiger partial charge in [0.2, 0.25) is 11.8 Å². The van der Waals surface area contributed by atoms with Crippen molar-refractivity contribution in [2.45, 2.75) is 38.3 Å². The molecule has 1 fully saturated rings. The third-order valence-electron chi connectivity index (χ3n) is 3.93.